The number of carbonyl (C=O) groups is 3. The Morgan fingerprint density at radius 1 is 1.06 bits per heavy atom. The summed E-state index contributed by atoms with van der Waals surface area (Å²) in [7, 11) is 3.02. The molecule has 0 aliphatic rings. The number of hydrogen-bond acceptors (Lipinski definition) is 4. The zero-order chi connectivity index (χ0) is 12.7. The van der Waals surface area contributed by atoms with Gasteiger partial charge in [0.2, 0.25) is 11.8 Å². The summed E-state index contributed by atoms with van der Waals surface area (Å²) in [6, 6.07) is 0. The molecule has 0 aliphatic heterocycles. The summed E-state index contributed by atoms with van der Waals surface area (Å²) in [6.45, 7) is 3.22. The third-order valence-corrected chi connectivity index (χ3v) is 2.01. The second-order valence-electron chi connectivity index (χ2n) is 3.43. The van der Waals surface area contributed by atoms with Crippen LogP contribution in [0, 0.1) is 0 Å². The first-order valence-corrected chi connectivity index (χ1v) is 4.99. The fourth-order valence-corrected chi connectivity index (χ4v) is 0.923. The molecule has 92 valence electrons. The number of esters is 1. The van der Waals surface area contributed by atoms with Crippen molar-refractivity contribution >= 4 is 17.8 Å². The van der Waals surface area contributed by atoms with Crippen LogP contribution >= 0.6 is 0 Å². The van der Waals surface area contributed by atoms with Gasteiger partial charge in [-0.2, -0.15) is 0 Å². The summed E-state index contributed by atoms with van der Waals surface area (Å²) < 4.78 is 4.70. The second kappa shape index (κ2) is 6.81. The molecule has 0 spiro atoms. The summed E-state index contributed by atoms with van der Waals surface area (Å²) >= 11 is 0. The summed E-state index contributed by atoms with van der Waals surface area (Å²) in [6.07, 6.45) is 0. The van der Waals surface area contributed by atoms with E-state index >= 15 is 0 Å². The molecule has 0 aromatic rings. The second-order valence-corrected chi connectivity index (χ2v) is 3.43. The Kier molecular flexibility index (Phi) is 6.14. The summed E-state index contributed by atoms with van der Waals surface area (Å²) in [5.74, 6) is -0.951. The van der Waals surface area contributed by atoms with E-state index in [0.29, 0.717) is 0 Å². The van der Waals surface area contributed by atoms with Crippen molar-refractivity contribution in [3.8, 4) is 0 Å². The molecule has 6 heteroatoms. The first-order valence-electron chi connectivity index (χ1n) is 4.99. The number of ether oxygens (including phenoxy) is 1. The standard InChI is InChI=1S/C10H18N2O4/c1-5-16-10(15)7-12(4)9(14)6-11(3)8(2)13/h5-7H2,1-4H3. The van der Waals surface area contributed by atoms with Crippen LogP contribution in [0.4, 0.5) is 0 Å². The SMILES string of the molecule is CCOC(=O)CN(C)C(=O)CN(C)C(C)=O. The highest BCUT2D eigenvalue weighted by Crippen LogP contribution is 1.91. The van der Waals surface area contributed by atoms with Crippen molar-refractivity contribution in [2.45, 2.75) is 13.8 Å². The van der Waals surface area contributed by atoms with Gasteiger partial charge in [0.15, 0.2) is 0 Å². The third-order valence-electron chi connectivity index (χ3n) is 2.01. The lowest BCUT2D eigenvalue weighted by Crippen LogP contribution is -2.40. The van der Waals surface area contributed by atoms with E-state index in [1.54, 1.807) is 6.92 Å². The molecule has 0 rings (SSSR count). The Hall–Kier alpha value is -1.59. The molecule has 0 unspecified atom stereocenters. The highest BCUT2D eigenvalue weighted by atomic mass is 16.5. The predicted molar refractivity (Wildman–Crippen MR) is 57.6 cm³/mol. The number of likely N-dealkylation sites (N-methyl/N-ethyl adjacent to an activating group) is 2. The molecule has 16 heavy (non-hydrogen) atoms. The number of nitrogens with zero attached hydrogens (tertiary/aromatic N) is 2. The van der Waals surface area contributed by atoms with Crippen molar-refractivity contribution in [1.29, 1.82) is 0 Å². The van der Waals surface area contributed by atoms with Crippen LogP contribution in [-0.2, 0) is 19.1 Å². The first kappa shape index (κ1) is 14.4. The van der Waals surface area contributed by atoms with Gasteiger partial charge >= 0.3 is 5.97 Å². The number of rotatable bonds is 5. The van der Waals surface area contributed by atoms with Crippen LogP contribution in [0.2, 0.25) is 0 Å². The third kappa shape index (κ3) is 5.33. The van der Waals surface area contributed by atoms with Crippen LogP contribution in [0.1, 0.15) is 13.8 Å². The van der Waals surface area contributed by atoms with Gasteiger partial charge in [0, 0.05) is 21.0 Å². The van der Waals surface area contributed by atoms with E-state index in [-0.39, 0.29) is 31.5 Å². The Balaban J connectivity index is 4.08. The average Bonchev–Trinajstić information content (AvgIpc) is 2.17. The molecule has 0 radical (unpaired) electrons. The molecule has 0 atom stereocenters. The monoisotopic (exact) mass is 230 g/mol. The lowest BCUT2D eigenvalue weighted by atomic mass is 10.4. The summed E-state index contributed by atoms with van der Waals surface area (Å²) in [5, 5.41) is 0. The number of amides is 2. The molecule has 0 bridgehead atoms. The van der Waals surface area contributed by atoms with Crippen LogP contribution < -0.4 is 0 Å². The van der Waals surface area contributed by atoms with Crippen molar-refractivity contribution < 1.29 is 19.1 Å². The van der Waals surface area contributed by atoms with Gasteiger partial charge in [-0.1, -0.05) is 0 Å². The Labute approximate surface area is 95.1 Å². The Morgan fingerprint density at radius 3 is 2.06 bits per heavy atom. The normalized spacial score (nSPS) is 9.50. The Bertz CT molecular complexity index is 278. The van der Waals surface area contributed by atoms with Gasteiger partial charge in [-0.05, 0) is 6.92 Å². The smallest absolute Gasteiger partial charge is 0.325 e. The fraction of sp³-hybridized carbons (Fsp3) is 0.700. The molecule has 0 aromatic carbocycles. The summed E-state index contributed by atoms with van der Waals surface area (Å²) in [5.41, 5.74) is 0. The fourth-order valence-electron chi connectivity index (χ4n) is 0.923. The van der Waals surface area contributed by atoms with Crippen molar-refractivity contribution in [1.82, 2.24) is 9.80 Å². The van der Waals surface area contributed by atoms with E-state index in [4.69, 9.17) is 4.74 Å². The van der Waals surface area contributed by atoms with E-state index in [0.717, 1.165) is 0 Å². The minimum absolute atomic E-state index is 0.0365. The number of carbonyl (C=O) groups excluding carboxylic acids is 3. The van der Waals surface area contributed by atoms with Gasteiger partial charge in [0.05, 0.1) is 13.2 Å². The molecule has 6 nitrogen and oxygen atoms in total. The summed E-state index contributed by atoms with van der Waals surface area (Å²) in [4.78, 5) is 36.0. The first-order chi connectivity index (χ1) is 7.38. The Morgan fingerprint density at radius 2 is 1.62 bits per heavy atom. The van der Waals surface area contributed by atoms with Crippen molar-refractivity contribution in [2.24, 2.45) is 0 Å². The zero-order valence-corrected chi connectivity index (χ0v) is 10.1. The molecule has 0 aliphatic carbocycles. The lowest BCUT2D eigenvalue weighted by molar-refractivity contribution is -0.148. The van der Waals surface area contributed by atoms with Gasteiger partial charge in [0.1, 0.15) is 6.54 Å². The average molecular weight is 230 g/mol. The topological polar surface area (TPSA) is 66.9 Å². The van der Waals surface area contributed by atoms with Crippen molar-refractivity contribution in [3.05, 3.63) is 0 Å². The maximum atomic E-state index is 11.5. The van der Waals surface area contributed by atoms with E-state index in [1.165, 1.54) is 30.8 Å². The number of hydrogen-bond donors (Lipinski definition) is 0. The molecule has 0 saturated heterocycles. The van der Waals surface area contributed by atoms with Crippen LogP contribution in [0.3, 0.4) is 0 Å². The minimum atomic E-state index is -0.455. The largest absolute Gasteiger partial charge is 0.465 e. The molecule has 0 N–H and O–H groups in total. The molecule has 0 aromatic heterocycles. The van der Waals surface area contributed by atoms with Crippen LogP contribution in [-0.4, -0.2) is 61.4 Å². The predicted octanol–water partition coefficient (Wildman–Crippen LogP) is -0.514. The van der Waals surface area contributed by atoms with Gasteiger partial charge in [0.25, 0.3) is 0 Å². The molecular formula is C10H18N2O4. The molecule has 2 amide bonds. The van der Waals surface area contributed by atoms with Gasteiger partial charge < -0.3 is 14.5 Å². The van der Waals surface area contributed by atoms with E-state index in [2.05, 4.69) is 0 Å². The maximum Gasteiger partial charge on any atom is 0.325 e. The van der Waals surface area contributed by atoms with Crippen molar-refractivity contribution in [2.75, 3.05) is 33.8 Å². The van der Waals surface area contributed by atoms with E-state index in [1.807, 2.05) is 0 Å². The lowest BCUT2D eigenvalue weighted by Gasteiger charge is -2.20. The van der Waals surface area contributed by atoms with Crippen LogP contribution in [0.25, 0.3) is 0 Å². The highest BCUT2D eigenvalue weighted by Gasteiger charge is 2.16. The van der Waals surface area contributed by atoms with Crippen molar-refractivity contribution in [3.63, 3.8) is 0 Å². The molecule has 0 heterocycles. The van der Waals surface area contributed by atoms with E-state index < -0.39 is 5.97 Å². The molecule has 0 fully saturated rings. The van der Waals surface area contributed by atoms with Gasteiger partial charge in [-0.25, -0.2) is 0 Å². The molecular weight excluding hydrogens is 212 g/mol. The van der Waals surface area contributed by atoms with Gasteiger partial charge in [-0.3, -0.25) is 14.4 Å². The highest BCUT2D eigenvalue weighted by molar-refractivity contribution is 5.86. The van der Waals surface area contributed by atoms with Gasteiger partial charge in [-0.15, -0.1) is 0 Å². The maximum absolute atomic E-state index is 11.5. The minimum Gasteiger partial charge on any atom is -0.465 e. The van der Waals surface area contributed by atoms with E-state index in [9.17, 15) is 14.4 Å². The quantitative estimate of drug-likeness (QED) is 0.596. The molecule has 0 saturated carbocycles. The van der Waals surface area contributed by atoms with Crippen LogP contribution in [0.5, 0.6) is 0 Å². The zero-order valence-electron chi connectivity index (χ0n) is 10.1. The van der Waals surface area contributed by atoms with Crippen LogP contribution in [0.15, 0.2) is 0 Å².